The van der Waals surface area contributed by atoms with Gasteiger partial charge >= 0.3 is 0 Å². The predicted octanol–water partition coefficient (Wildman–Crippen LogP) is 0.571. The fraction of sp³-hybridized carbons (Fsp3) is 0. The summed E-state index contributed by atoms with van der Waals surface area (Å²) in [6.07, 6.45) is 4.73. The number of nitrogens with two attached hydrogens (primary N) is 1. The zero-order valence-electron chi connectivity index (χ0n) is 7.27. The summed E-state index contributed by atoms with van der Waals surface area (Å²) in [4.78, 5) is 21.5. The van der Waals surface area contributed by atoms with Crippen molar-refractivity contribution in [1.82, 2.24) is 15.0 Å². The number of hydrogen-bond donors (Lipinski definition) is 2. The van der Waals surface area contributed by atoms with Gasteiger partial charge in [-0.15, -0.1) is 0 Å². The fourth-order valence-electron chi connectivity index (χ4n) is 1.10. The predicted molar refractivity (Wildman–Crippen MR) is 50.3 cm³/mol. The molecule has 0 aliphatic rings. The normalized spacial score (nSPS) is 10.0. The van der Waals surface area contributed by atoms with Crippen molar-refractivity contribution < 1.29 is 4.79 Å². The van der Waals surface area contributed by atoms with Crippen LogP contribution in [-0.2, 0) is 0 Å². The number of rotatable bonds is 2. The number of imidazole rings is 1. The van der Waals surface area contributed by atoms with Crippen LogP contribution in [-0.4, -0.2) is 20.9 Å². The van der Waals surface area contributed by atoms with Crippen molar-refractivity contribution in [1.29, 1.82) is 0 Å². The summed E-state index contributed by atoms with van der Waals surface area (Å²) in [6.45, 7) is 0. The molecule has 0 aliphatic carbocycles. The van der Waals surface area contributed by atoms with Crippen molar-refractivity contribution in [3.63, 3.8) is 0 Å². The first-order chi connectivity index (χ1) is 6.77. The van der Waals surface area contributed by atoms with Gasteiger partial charge in [0, 0.05) is 18.0 Å². The number of amides is 1. The highest BCUT2D eigenvalue weighted by atomic mass is 16.1. The van der Waals surface area contributed by atoms with Gasteiger partial charge in [0.1, 0.15) is 11.5 Å². The van der Waals surface area contributed by atoms with Crippen molar-refractivity contribution >= 4 is 5.91 Å². The molecular weight excluding hydrogens is 180 g/mol. The van der Waals surface area contributed by atoms with Crippen LogP contribution < -0.4 is 5.73 Å². The van der Waals surface area contributed by atoms with E-state index >= 15 is 0 Å². The second-order valence-electron chi connectivity index (χ2n) is 2.75. The average molecular weight is 188 g/mol. The Morgan fingerprint density at radius 3 is 2.86 bits per heavy atom. The molecule has 5 heteroatoms. The van der Waals surface area contributed by atoms with E-state index in [-0.39, 0.29) is 0 Å². The zero-order valence-corrected chi connectivity index (χ0v) is 7.27. The maximum absolute atomic E-state index is 10.8. The number of nitrogens with one attached hydrogen (secondary N) is 1. The van der Waals surface area contributed by atoms with Crippen LogP contribution >= 0.6 is 0 Å². The number of hydrogen-bond acceptors (Lipinski definition) is 3. The van der Waals surface area contributed by atoms with E-state index < -0.39 is 5.91 Å². The molecule has 0 aliphatic heterocycles. The average Bonchev–Trinajstić information content (AvgIpc) is 2.68. The lowest BCUT2D eigenvalue weighted by Crippen LogP contribution is -2.10. The fourth-order valence-corrected chi connectivity index (χ4v) is 1.10. The molecule has 0 bridgehead atoms. The highest BCUT2D eigenvalue weighted by Crippen LogP contribution is 2.12. The van der Waals surface area contributed by atoms with Gasteiger partial charge in [0.15, 0.2) is 0 Å². The molecule has 2 heterocycles. The summed E-state index contributed by atoms with van der Waals surface area (Å²) in [5, 5.41) is 0. The molecule has 0 aromatic carbocycles. The third-order valence-corrected chi connectivity index (χ3v) is 1.78. The first-order valence-corrected chi connectivity index (χ1v) is 4.02. The van der Waals surface area contributed by atoms with Crippen LogP contribution in [0.1, 0.15) is 10.5 Å². The maximum Gasteiger partial charge on any atom is 0.266 e. The highest BCUT2D eigenvalue weighted by molar-refractivity contribution is 5.91. The molecule has 1 amide bonds. The van der Waals surface area contributed by atoms with Crippen molar-refractivity contribution in [3.05, 3.63) is 36.4 Å². The lowest BCUT2D eigenvalue weighted by atomic mass is 10.3. The summed E-state index contributed by atoms with van der Waals surface area (Å²) in [5.74, 6) is 0.0690. The second kappa shape index (κ2) is 3.29. The molecule has 5 nitrogen and oxygen atoms in total. The first-order valence-electron chi connectivity index (χ1n) is 4.02. The zero-order chi connectivity index (χ0) is 9.97. The van der Waals surface area contributed by atoms with Gasteiger partial charge < -0.3 is 10.7 Å². The van der Waals surface area contributed by atoms with Gasteiger partial charge in [-0.3, -0.25) is 9.78 Å². The van der Waals surface area contributed by atoms with Gasteiger partial charge in [0.25, 0.3) is 5.91 Å². The Labute approximate surface area is 80.0 Å². The molecule has 2 aromatic heterocycles. The molecule has 0 atom stereocenters. The number of carbonyl (C=O) groups is 1. The Bertz CT molecular complexity index is 449. The van der Waals surface area contributed by atoms with E-state index in [0.717, 1.165) is 5.56 Å². The minimum atomic E-state index is -0.521. The summed E-state index contributed by atoms with van der Waals surface area (Å²) in [6, 6.07) is 3.64. The van der Waals surface area contributed by atoms with Crippen LogP contribution in [0.15, 0.2) is 30.7 Å². The number of nitrogens with zero attached hydrogens (tertiary/aromatic N) is 2. The van der Waals surface area contributed by atoms with Crippen LogP contribution in [0.25, 0.3) is 11.4 Å². The molecule has 3 N–H and O–H groups in total. The third-order valence-electron chi connectivity index (χ3n) is 1.78. The van der Waals surface area contributed by atoms with E-state index in [9.17, 15) is 4.79 Å². The van der Waals surface area contributed by atoms with E-state index in [2.05, 4.69) is 15.0 Å². The standard InChI is InChI=1S/C9H8N4O/c10-8(14)7-5-12-9(13-7)6-2-1-3-11-4-6/h1-5H,(H2,10,14)(H,12,13). The summed E-state index contributed by atoms with van der Waals surface area (Å²) in [7, 11) is 0. The Morgan fingerprint density at radius 1 is 1.43 bits per heavy atom. The van der Waals surface area contributed by atoms with Crippen LogP contribution in [0.5, 0.6) is 0 Å². The van der Waals surface area contributed by atoms with Crippen molar-refractivity contribution in [2.75, 3.05) is 0 Å². The molecule has 0 fully saturated rings. The SMILES string of the molecule is NC(=O)c1cnc(-c2cccnc2)[nH]1. The molecule has 0 saturated carbocycles. The molecule has 0 saturated heterocycles. The summed E-state index contributed by atoms with van der Waals surface area (Å²) in [5.41, 5.74) is 6.19. The minimum Gasteiger partial charge on any atom is -0.364 e. The lowest BCUT2D eigenvalue weighted by Gasteiger charge is -1.93. The van der Waals surface area contributed by atoms with E-state index in [1.807, 2.05) is 6.07 Å². The molecule has 2 rings (SSSR count). The smallest absolute Gasteiger partial charge is 0.266 e. The molecule has 0 spiro atoms. The van der Waals surface area contributed by atoms with Gasteiger partial charge in [-0.1, -0.05) is 0 Å². The molecule has 0 unspecified atom stereocenters. The molecule has 2 aromatic rings. The monoisotopic (exact) mass is 188 g/mol. The Hall–Kier alpha value is -2.17. The summed E-state index contributed by atoms with van der Waals surface area (Å²) < 4.78 is 0. The van der Waals surface area contributed by atoms with Crippen molar-refractivity contribution in [2.45, 2.75) is 0 Å². The second-order valence-corrected chi connectivity index (χ2v) is 2.75. The van der Waals surface area contributed by atoms with Gasteiger partial charge in [0.2, 0.25) is 0 Å². The van der Waals surface area contributed by atoms with Crippen LogP contribution in [0.4, 0.5) is 0 Å². The topological polar surface area (TPSA) is 84.7 Å². The largest absolute Gasteiger partial charge is 0.364 e. The third kappa shape index (κ3) is 1.47. The quantitative estimate of drug-likeness (QED) is 0.722. The number of aromatic nitrogens is 3. The molecular formula is C9H8N4O. The Balaban J connectivity index is 2.39. The first kappa shape index (κ1) is 8.43. The van der Waals surface area contributed by atoms with Crippen LogP contribution in [0, 0.1) is 0 Å². The minimum absolute atomic E-state index is 0.295. The highest BCUT2D eigenvalue weighted by Gasteiger charge is 2.06. The number of carbonyl (C=O) groups excluding carboxylic acids is 1. The Kier molecular flexibility index (Phi) is 1.98. The van der Waals surface area contributed by atoms with E-state index in [0.29, 0.717) is 11.5 Å². The molecule has 70 valence electrons. The van der Waals surface area contributed by atoms with Gasteiger partial charge in [-0.05, 0) is 12.1 Å². The number of aromatic amines is 1. The molecule has 0 radical (unpaired) electrons. The van der Waals surface area contributed by atoms with Crippen LogP contribution in [0.2, 0.25) is 0 Å². The number of primary amides is 1. The lowest BCUT2D eigenvalue weighted by molar-refractivity contribution is 0.0996. The molecule has 14 heavy (non-hydrogen) atoms. The summed E-state index contributed by atoms with van der Waals surface area (Å²) >= 11 is 0. The van der Waals surface area contributed by atoms with Gasteiger partial charge in [-0.2, -0.15) is 0 Å². The number of H-pyrrole nitrogens is 1. The van der Waals surface area contributed by atoms with Gasteiger partial charge in [0.05, 0.1) is 6.20 Å². The number of pyridine rings is 1. The van der Waals surface area contributed by atoms with E-state index in [1.165, 1.54) is 6.20 Å². The van der Waals surface area contributed by atoms with Crippen molar-refractivity contribution in [3.8, 4) is 11.4 Å². The van der Waals surface area contributed by atoms with Crippen LogP contribution in [0.3, 0.4) is 0 Å². The van der Waals surface area contributed by atoms with E-state index in [4.69, 9.17) is 5.73 Å². The maximum atomic E-state index is 10.8. The van der Waals surface area contributed by atoms with E-state index in [1.54, 1.807) is 18.5 Å². The van der Waals surface area contributed by atoms with Crippen molar-refractivity contribution in [2.24, 2.45) is 5.73 Å². The van der Waals surface area contributed by atoms with Gasteiger partial charge in [-0.25, -0.2) is 4.98 Å². The Morgan fingerprint density at radius 2 is 2.29 bits per heavy atom.